The smallest absolute Gasteiger partial charge is 0.328 e. The van der Waals surface area contributed by atoms with Gasteiger partial charge in [0.1, 0.15) is 6.33 Å². The van der Waals surface area contributed by atoms with Crippen LogP contribution < -0.4 is 20.9 Å². The molecule has 11 heteroatoms. The summed E-state index contributed by atoms with van der Waals surface area (Å²) in [4.78, 5) is 28.6. The Morgan fingerprint density at radius 2 is 2.00 bits per heavy atom. The number of rotatable bonds is 2. The van der Waals surface area contributed by atoms with Crippen molar-refractivity contribution in [2.75, 3.05) is 55.5 Å². The van der Waals surface area contributed by atoms with Gasteiger partial charge in [0.2, 0.25) is 5.95 Å². The molecule has 3 N–H and O–H groups in total. The van der Waals surface area contributed by atoms with Crippen LogP contribution in [0.15, 0.2) is 24.5 Å². The number of benzene rings is 1. The third-order valence-electron chi connectivity index (χ3n) is 5.47. The highest BCUT2D eigenvalue weighted by Gasteiger charge is 2.19. The molecule has 2 aliphatic rings. The molecule has 3 aromatic rings. The van der Waals surface area contributed by atoms with E-state index in [1.807, 2.05) is 13.0 Å². The SMILES string of the molecule is CNc1nc2nc3c1ncn3C(=O)N[C@H](C)COCc1cc(cc(N3CCOCC3)c1)N2. The zero-order valence-corrected chi connectivity index (χ0v) is 18.1. The van der Waals surface area contributed by atoms with Crippen LogP contribution in [0.25, 0.3) is 11.2 Å². The summed E-state index contributed by atoms with van der Waals surface area (Å²) < 4.78 is 12.8. The van der Waals surface area contributed by atoms with E-state index in [1.165, 1.54) is 10.9 Å². The molecule has 0 saturated carbocycles. The summed E-state index contributed by atoms with van der Waals surface area (Å²) in [5, 5.41) is 9.28. The van der Waals surface area contributed by atoms with Crippen LogP contribution in [0.4, 0.5) is 27.9 Å². The minimum absolute atomic E-state index is 0.187. The fourth-order valence-electron chi connectivity index (χ4n) is 3.92. The quantitative estimate of drug-likeness (QED) is 0.551. The monoisotopic (exact) mass is 438 g/mol. The van der Waals surface area contributed by atoms with Crippen LogP contribution in [-0.4, -0.2) is 71.5 Å². The highest BCUT2D eigenvalue weighted by molar-refractivity contribution is 5.92. The van der Waals surface area contributed by atoms with Gasteiger partial charge in [0.25, 0.3) is 0 Å². The van der Waals surface area contributed by atoms with Gasteiger partial charge in [-0.15, -0.1) is 0 Å². The van der Waals surface area contributed by atoms with Gasteiger partial charge in [-0.25, -0.2) is 14.3 Å². The highest BCUT2D eigenvalue weighted by Crippen LogP contribution is 2.28. The minimum atomic E-state index is -0.319. The van der Waals surface area contributed by atoms with E-state index in [1.54, 1.807) is 7.05 Å². The molecule has 2 aromatic heterocycles. The van der Waals surface area contributed by atoms with Crippen LogP contribution in [0.2, 0.25) is 0 Å². The van der Waals surface area contributed by atoms with E-state index < -0.39 is 0 Å². The third kappa shape index (κ3) is 4.04. The zero-order valence-electron chi connectivity index (χ0n) is 18.1. The summed E-state index contributed by atoms with van der Waals surface area (Å²) in [6.45, 7) is 5.78. The van der Waals surface area contributed by atoms with Crippen LogP contribution in [0.5, 0.6) is 0 Å². The van der Waals surface area contributed by atoms with E-state index >= 15 is 0 Å². The molecular formula is C21H26N8O3. The Morgan fingerprint density at radius 3 is 2.81 bits per heavy atom. The Labute approximate surface area is 185 Å². The molecule has 11 nitrogen and oxygen atoms in total. The number of imidazole rings is 1. The second-order valence-corrected chi connectivity index (χ2v) is 7.91. The summed E-state index contributed by atoms with van der Waals surface area (Å²) in [5.74, 6) is 0.907. The number of carbonyl (C=O) groups excluding carboxylic acids is 1. The third-order valence-corrected chi connectivity index (χ3v) is 5.47. The van der Waals surface area contributed by atoms with E-state index in [4.69, 9.17) is 9.47 Å². The number of ether oxygens (including phenoxy) is 2. The maximum Gasteiger partial charge on any atom is 0.328 e. The van der Waals surface area contributed by atoms with Gasteiger partial charge in [-0.05, 0) is 30.7 Å². The van der Waals surface area contributed by atoms with Crippen molar-refractivity contribution in [3.8, 4) is 0 Å². The molecule has 4 heterocycles. The summed E-state index contributed by atoms with van der Waals surface area (Å²) in [6.07, 6.45) is 1.45. The van der Waals surface area contributed by atoms with Gasteiger partial charge >= 0.3 is 6.03 Å². The molecule has 32 heavy (non-hydrogen) atoms. The molecule has 1 fully saturated rings. The van der Waals surface area contributed by atoms with Crippen LogP contribution in [0, 0.1) is 0 Å². The lowest BCUT2D eigenvalue weighted by molar-refractivity contribution is 0.104. The second-order valence-electron chi connectivity index (χ2n) is 7.91. The number of nitrogens with zero attached hydrogens (tertiary/aromatic N) is 5. The van der Waals surface area contributed by atoms with Gasteiger partial charge in [0.15, 0.2) is 17.0 Å². The summed E-state index contributed by atoms with van der Waals surface area (Å²) in [7, 11) is 1.76. The fraction of sp³-hybridized carbons (Fsp3) is 0.429. The molecule has 2 aliphatic heterocycles. The first kappa shape index (κ1) is 20.5. The molecule has 0 spiro atoms. The van der Waals surface area contributed by atoms with Crippen LogP contribution in [-0.2, 0) is 16.1 Å². The maximum absolute atomic E-state index is 12.8. The average Bonchev–Trinajstić information content (AvgIpc) is 3.22. The van der Waals surface area contributed by atoms with Gasteiger partial charge in [0, 0.05) is 31.5 Å². The molecule has 1 atom stereocenters. The topological polar surface area (TPSA) is 118 Å². The molecule has 0 radical (unpaired) electrons. The lowest BCUT2D eigenvalue weighted by Gasteiger charge is -2.29. The van der Waals surface area contributed by atoms with E-state index in [0.717, 1.165) is 30.0 Å². The molecule has 1 amide bonds. The number of fused-ring (bicyclic) bond motifs is 3. The van der Waals surface area contributed by atoms with E-state index in [-0.39, 0.29) is 12.1 Å². The standard InChI is InChI=1S/C21H26N8O3/c1-13-10-32-11-14-7-15(9-16(8-14)28-3-5-31-6-4-28)25-20-26-18(22-2)17-19(27-20)29(12-23-17)21(30)24-13/h7-9,12-13H,3-6,10-11H2,1-2H3,(H,24,30)(H2,22,25,26,27)/t13-/m1/s1. The van der Waals surface area contributed by atoms with Gasteiger partial charge in [-0.3, -0.25) is 0 Å². The number of aromatic nitrogens is 4. The average molecular weight is 438 g/mol. The second kappa shape index (κ2) is 8.60. The predicted molar refractivity (Wildman–Crippen MR) is 121 cm³/mol. The Balaban J connectivity index is 1.60. The fourth-order valence-corrected chi connectivity index (χ4v) is 3.92. The van der Waals surface area contributed by atoms with Crippen molar-refractivity contribution in [1.82, 2.24) is 24.8 Å². The van der Waals surface area contributed by atoms with Crippen molar-refractivity contribution in [2.24, 2.45) is 0 Å². The first-order chi connectivity index (χ1) is 15.6. The highest BCUT2D eigenvalue weighted by atomic mass is 16.5. The van der Waals surface area contributed by atoms with Crippen LogP contribution in [0.3, 0.4) is 0 Å². The number of amides is 1. The normalized spacial score (nSPS) is 19.4. The molecule has 0 aliphatic carbocycles. The number of anilines is 4. The summed E-state index contributed by atoms with van der Waals surface area (Å²) >= 11 is 0. The Kier molecular flexibility index (Phi) is 5.50. The Bertz CT molecular complexity index is 1140. The number of carbonyl (C=O) groups is 1. The Morgan fingerprint density at radius 1 is 1.16 bits per heavy atom. The lowest BCUT2D eigenvalue weighted by atomic mass is 10.1. The first-order valence-electron chi connectivity index (χ1n) is 10.7. The van der Waals surface area contributed by atoms with Gasteiger partial charge < -0.3 is 30.3 Å². The van der Waals surface area contributed by atoms with E-state index in [9.17, 15) is 4.79 Å². The van der Waals surface area contributed by atoms with Gasteiger partial charge in [0.05, 0.1) is 32.5 Å². The summed E-state index contributed by atoms with van der Waals surface area (Å²) in [5.41, 5.74) is 3.89. The van der Waals surface area contributed by atoms with Gasteiger partial charge in [-0.2, -0.15) is 9.97 Å². The van der Waals surface area contributed by atoms with Gasteiger partial charge in [-0.1, -0.05) is 0 Å². The molecule has 4 bridgehead atoms. The molecule has 0 unspecified atom stereocenters. The zero-order chi connectivity index (χ0) is 22.1. The molecule has 5 rings (SSSR count). The van der Waals surface area contributed by atoms with Crippen molar-refractivity contribution in [2.45, 2.75) is 19.6 Å². The van der Waals surface area contributed by atoms with Crippen molar-refractivity contribution in [3.63, 3.8) is 0 Å². The first-order valence-corrected chi connectivity index (χ1v) is 10.7. The van der Waals surface area contributed by atoms with E-state index in [0.29, 0.717) is 49.4 Å². The summed E-state index contributed by atoms with van der Waals surface area (Å²) in [6, 6.07) is 5.72. The number of nitrogens with one attached hydrogen (secondary N) is 3. The predicted octanol–water partition coefficient (Wildman–Crippen LogP) is 1.92. The molecule has 1 saturated heterocycles. The van der Waals surface area contributed by atoms with Crippen molar-refractivity contribution >= 4 is 40.3 Å². The number of hydrogen-bond acceptors (Lipinski definition) is 9. The lowest BCUT2D eigenvalue weighted by Crippen LogP contribution is -2.38. The van der Waals surface area contributed by atoms with Crippen LogP contribution in [0.1, 0.15) is 12.5 Å². The maximum atomic E-state index is 12.8. The number of hydrogen-bond donors (Lipinski definition) is 3. The van der Waals surface area contributed by atoms with Crippen molar-refractivity contribution < 1.29 is 14.3 Å². The minimum Gasteiger partial charge on any atom is -0.378 e. The molecule has 1 aromatic carbocycles. The van der Waals surface area contributed by atoms with Crippen molar-refractivity contribution in [1.29, 1.82) is 0 Å². The van der Waals surface area contributed by atoms with Crippen LogP contribution >= 0.6 is 0 Å². The number of morpholine rings is 1. The molecular weight excluding hydrogens is 412 g/mol. The molecule has 168 valence electrons. The largest absolute Gasteiger partial charge is 0.378 e. The van der Waals surface area contributed by atoms with E-state index in [2.05, 4.69) is 47.9 Å². The Hall–Kier alpha value is -3.44. The van der Waals surface area contributed by atoms with Crippen molar-refractivity contribution in [3.05, 3.63) is 30.1 Å².